The smallest absolute Gasteiger partial charge is 0.269 e. The molecule has 3 rings (SSSR count). The summed E-state index contributed by atoms with van der Waals surface area (Å²) in [5.41, 5.74) is 3.57. The van der Waals surface area contributed by atoms with E-state index >= 15 is 0 Å². The SMILES string of the molecule is Cc1ccc(N(C)C(=O)C2(c3ccc([N+](=O)[O-])cc3)CC2)cc1C. The van der Waals surface area contributed by atoms with Crippen molar-refractivity contribution in [2.75, 3.05) is 11.9 Å². The number of benzene rings is 2. The zero-order chi connectivity index (χ0) is 17.5. The Morgan fingerprint density at radius 2 is 1.71 bits per heavy atom. The molecule has 2 aromatic carbocycles. The first-order valence-corrected chi connectivity index (χ1v) is 7.95. The van der Waals surface area contributed by atoms with Gasteiger partial charge in [-0.3, -0.25) is 14.9 Å². The number of nitrogens with zero attached hydrogens (tertiary/aromatic N) is 2. The Morgan fingerprint density at radius 3 is 2.21 bits per heavy atom. The highest BCUT2D eigenvalue weighted by Crippen LogP contribution is 2.50. The van der Waals surface area contributed by atoms with Gasteiger partial charge in [0, 0.05) is 24.9 Å². The lowest BCUT2D eigenvalue weighted by Gasteiger charge is -2.24. The Morgan fingerprint density at radius 1 is 1.08 bits per heavy atom. The first-order valence-electron chi connectivity index (χ1n) is 7.95. The molecule has 1 amide bonds. The van der Waals surface area contributed by atoms with Crippen LogP contribution in [-0.2, 0) is 10.2 Å². The molecule has 0 radical (unpaired) electrons. The topological polar surface area (TPSA) is 63.5 Å². The summed E-state index contributed by atoms with van der Waals surface area (Å²) >= 11 is 0. The second kappa shape index (κ2) is 5.74. The number of nitro benzene ring substituents is 1. The highest BCUT2D eigenvalue weighted by atomic mass is 16.6. The van der Waals surface area contributed by atoms with Crippen molar-refractivity contribution >= 4 is 17.3 Å². The second-order valence-corrected chi connectivity index (χ2v) is 6.52. The van der Waals surface area contributed by atoms with E-state index in [4.69, 9.17) is 0 Å². The van der Waals surface area contributed by atoms with Gasteiger partial charge >= 0.3 is 0 Å². The third kappa shape index (κ3) is 2.66. The molecule has 1 saturated carbocycles. The van der Waals surface area contributed by atoms with Crippen LogP contribution in [0.4, 0.5) is 11.4 Å². The fourth-order valence-corrected chi connectivity index (χ4v) is 3.03. The minimum atomic E-state index is -0.539. The first-order chi connectivity index (χ1) is 11.3. The van der Waals surface area contributed by atoms with E-state index in [-0.39, 0.29) is 11.6 Å². The molecule has 1 fully saturated rings. The minimum absolute atomic E-state index is 0.0413. The van der Waals surface area contributed by atoms with Crippen LogP contribution in [0.15, 0.2) is 42.5 Å². The van der Waals surface area contributed by atoms with Gasteiger partial charge < -0.3 is 4.90 Å². The number of anilines is 1. The summed E-state index contributed by atoms with van der Waals surface area (Å²) < 4.78 is 0. The van der Waals surface area contributed by atoms with Crippen LogP contribution in [0.1, 0.15) is 29.5 Å². The van der Waals surface area contributed by atoms with Crippen molar-refractivity contribution in [1.29, 1.82) is 0 Å². The third-order valence-electron chi connectivity index (χ3n) is 4.97. The van der Waals surface area contributed by atoms with E-state index < -0.39 is 10.3 Å². The summed E-state index contributed by atoms with van der Waals surface area (Å²) in [6, 6.07) is 12.3. The molecular formula is C19H20N2O3. The highest BCUT2D eigenvalue weighted by molar-refractivity contribution is 6.03. The van der Waals surface area contributed by atoms with Gasteiger partial charge in [-0.05, 0) is 55.5 Å². The van der Waals surface area contributed by atoms with E-state index in [1.807, 2.05) is 32.0 Å². The molecule has 0 heterocycles. The average molecular weight is 324 g/mol. The van der Waals surface area contributed by atoms with E-state index in [2.05, 4.69) is 0 Å². The van der Waals surface area contributed by atoms with Crippen molar-refractivity contribution in [3.05, 3.63) is 69.3 Å². The maximum atomic E-state index is 13.0. The maximum Gasteiger partial charge on any atom is 0.269 e. The molecule has 0 aliphatic heterocycles. The van der Waals surface area contributed by atoms with Crippen molar-refractivity contribution in [1.82, 2.24) is 0 Å². The molecule has 1 aliphatic carbocycles. The Kier molecular flexibility index (Phi) is 3.87. The van der Waals surface area contributed by atoms with E-state index in [0.717, 1.165) is 29.7 Å². The van der Waals surface area contributed by atoms with Crippen molar-refractivity contribution in [2.45, 2.75) is 32.1 Å². The number of amides is 1. The van der Waals surface area contributed by atoms with Crippen molar-refractivity contribution in [3.8, 4) is 0 Å². The van der Waals surface area contributed by atoms with Gasteiger partial charge in [0.25, 0.3) is 5.69 Å². The molecule has 0 N–H and O–H groups in total. The third-order valence-corrected chi connectivity index (χ3v) is 4.97. The molecule has 1 aliphatic rings. The summed E-state index contributed by atoms with van der Waals surface area (Å²) in [6.45, 7) is 4.07. The number of aryl methyl sites for hydroxylation is 2. The highest BCUT2D eigenvalue weighted by Gasteiger charge is 2.52. The number of rotatable bonds is 4. The number of nitro groups is 1. The lowest BCUT2D eigenvalue weighted by Crippen LogP contribution is -2.36. The Labute approximate surface area is 141 Å². The number of carbonyl (C=O) groups is 1. The number of likely N-dealkylation sites (N-methyl/N-ethyl adjacent to an activating group) is 1. The molecule has 2 aromatic rings. The van der Waals surface area contributed by atoms with Crippen LogP contribution in [-0.4, -0.2) is 17.9 Å². The maximum absolute atomic E-state index is 13.0. The monoisotopic (exact) mass is 324 g/mol. The standard InChI is InChI=1S/C19H20N2O3/c1-13-4-7-17(12-14(13)2)20(3)18(22)19(10-11-19)15-5-8-16(9-6-15)21(23)24/h4-9,12H,10-11H2,1-3H3. The molecule has 0 bridgehead atoms. The summed E-state index contributed by atoms with van der Waals surface area (Å²) in [5, 5.41) is 10.8. The van der Waals surface area contributed by atoms with Crippen LogP contribution in [0.5, 0.6) is 0 Å². The van der Waals surface area contributed by atoms with Crippen molar-refractivity contribution in [2.24, 2.45) is 0 Å². The quantitative estimate of drug-likeness (QED) is 0.633. The van der Waals surface area contributed by atoms with Gasteiger partial charge in [-0.25, -0.2) is 0 Å². The van der Waals surface area contributed by atoms with Crippen molar-refractivity contribution < 1.29 is 9.72 Å². The summed E-state index contributed by atoms with van der Waals surface area (Å²) in [4.78, 5) is 25.1. The molecule has 5 nitrogen and oxygen atoms in total. The van der Waals surface area contributed by atoms with Gasteiger partial charge in [-0.1, -0.05) is 18.2 Å². The molecule has 24 heavy (non-hydrogen) atoms. The molecule has 5 heteroatoms. The Balaban J connectivity index is 1.87. The predicted octanol–water partition coefficient (Wildman–Crippen LogP) is 3.91. The molecule has 124 valence electrons. The van der Waals surface area contributed by atoms with E-state index in [1.165, 1.54) is 17.7 Å². The number of carbonyl (C=O) groups excluding carboxylic acids is 1. The molecule has 0 saturated heterocycles. The van der Waals surface area contributed by atoms with Crippen LogP contribution in [0, 0.1) is 24.0 Å². The molecule has 0 spiro atoms. The van der Waals surface area contributed by atoms with Crippen LogP contribution < -0.4 is 4.90 Å². The number of non-ortho nitro benzene ring substituents is 1. The summed E-state index contributed by atoms with van der Waals surface area (Å²) in [7, 11) is 1.79. The van der Waals surface area contributed by atoms with Gasteiger partial charge in [0.05, 0.1) is 10.3 Å². The van der Waals surface area contributed by atoms with Gasteiger partial charge in [0.15, 0.2) is 0 Å². The predicted molar refractivity (Wildman–Crippen MR) is 93.3 cm³/mol. The minimum Gasteiger partial charge on any atom is -0.315 e. The first kappa shape index (κ1) is 16.2. The molecule has 0 aromatic heterocycles. The fourth-order valence-electron chi connectivity index (χ4n) is 3.03. The van der Waals surface area contributed by atoms with E-state index in [9.17, 15) is 14.9 Å². The van der Waals surface area contributed by atoms with Crippen LogP contribution in [0.2, 0.25) is 0 Å². The molecule has 0 unspecified atom stereocenters. The zero-order valence-electron chi connectivity index (χ0n) is 14.1. The van der Waals surface area contributed by atoms with Gasteiger partial charge in [0.1, 0.15) is 0 Å². The van der Waals surface area contributed by atoms with Gasteiger partial charge in [0.2, 0.25) is 5.91 Å². The Hall–Kier alpha value is -2.69. The number of hydrogen-bond donors (Lipinski definition) is 0. The van der Waals surface area contributed by atoms with E-state index in [1.54, 1.807) is 24.1 Å². The lowest BCUT2D eigenvalue weighted by molar-refractivity contribution is -0.384. The Bertz CT molecular complexity index is 808. The zero-order valence-corrected chi connectivity index (χ0v) is 14.1. The van der Waals surface area contributed by atoms with Crippen molar-refractivity contribution in [3.63, 3.8) is 0 Å². The van der Waals surface area contributed by atoms with Crippen LogP contribution in [0.3, 0.4) is 0 Å². The second-order valence-electron chi connectivity index (χ2n) is 6.52. The normalized spacial score (nSPS) is 15.0. The van der Waals surface area contributed by atoms with Crippen LogP contribution in [0.25, 0.3) is 0 Å². The van der Waals surface area contributed by atoms with Gasteiger partial charge in [-0.15, -0.1) is 0 Å². The lowest BCUT2D eigenvalue weighted by atomic mass is 9.94. The van der Waals surface area contributed by atoms with Gasteiger partial charge in [-0.2, -0.15) is 0 Å². The molecular weight excluding hydrogens is 304 g/mol. The summed E-state index contributed by atoms with van der Waals surface area (Å²) in [6.07, 6.45) is 1.55. The largest absolute Gasteiger partial charge is 0.315 e. The summed E-state index contributed by atoms with van der Waals surface area (Å²) in [5.74, 6) is 0.0413. The number of hydrogen-bond acceptors (Lipinski definition) is 3. The average Bonchev–Trinajstić information content (AvgIpc) is 3.38. The van der Waals surface area contributed by atoms with E-state index in [0.29, 0.717) is 0 Å². The fraction of sp³-hybridized carbons (Fsp3) is 0.316. The van der Waals surface area contributed by atoms with Crippen LogP contribution >= 0.6 is 0 Å². The molecule has 0 atom stereocenters.